The molecule has 0 aliphatic heterocycles. The van der Waals surface area contributed by atoms with Gasteiger partial charge in [-0.15, -0.1) is 6.58 Å². The Labute approximate surface area is 77.3 Å². The fraction of sp³-hybridized carbons (Fsp3) is 0.300. The first-order valence-electron chi connectivity index (χ1n) is 4.21. The third-order valence-electron chi connectivity index (χ3n) is 1.99. The Bertz CT molecular complexity index is 354. The van der Waals surface area contributed by atoms with E-state index in [0.29, 0.717) is 6.42 Å². The molecule has 3 nitrogen and oxygen atoms in total. The molecule has 0 saturated heterocycles. The largest absolute Gasteiger partial charge is 0.329 e. The lowest BCUT2D eigenvalue weighted by Gasteiger charge is -2.11. The van der Waals surface area contributed by atoms with E-state index >= 15 is 0 Å². The molecule has 1 rings (SSSR count). The first-order chi connectivity index (χ1) is 6.15. The molecule has 1 atom stereocenters. The van der Waals surface area contributed by atoms with Crippen LogP contribution >= 0.6 is 0 Å². The fourth-order valence-electron chi connectivity index (χ4n) is 1.29. The number of aromatic amines is 1. The van der Waals surface area contributed by atoms with Gasteiger partial charge in [-0.05, 0) is 24.5 Å². The number of rotatable bonds is 3. The molecule has 0 spiro atoms. The number of aromatic nitrogens is 1. The van der Waals surface area contributed by atoms with E-state index in [1.165, 1.54) is 0 Å². The molecule has 1 aromatic heterocycles. The minimum absolute atomic E-state index is 0.0747. The van der Waals surface area contributed by atoms with Crippen LogP contribution < -0.4 is 11.3 Å². The second kappa shape index (κ2) is 4.05. The second-order valence-corrected chi connectivity index (χ2v) is 3.07. The number of H-pyrrole nitrogens is 1. The molecule has 0 aliphatic rings. The molecule has 1 heterocycles. The van der Waals surface area contributed by atoms with Crippen LogP contribution in [0.4, 0.5) is 0 Å². The summed E-state index contributed by atoms with van der Waals surface area (Å²) in [5.41, 5.74) is 7.67. The van der Waals surface area contributed by atoms with Gasteiger partial charge in [0.2, 0.25) is 5.56 Å². The molecule has 0 fully saturated rings. The average Bonchev–Trinajstić information content (AvgIpc) is 2.04. The van der Waals surface area contributed by atoms with Crippen molar-refractivity contribution in [3.63, 3.8) is 0 Å². The highest BCUT2D eigenvalue weighted by molar-refractivity contribution is 5.25. The van der Waals surface area contributed by atoms with Gasteiger partial charge in [-0.1, -0.05) is 6.08 Å². The molecule has 70 valence electrons. The summed E-state index contributed by atoms with van der Waals surface area (Å²) in [6.45, 7) is 5.50. The quantitative estimate of drug-likeness (QED) is 0.684. The van der Waals surface area contributed by atoms with Gasteiger partial charge < -0.3 is 10.7 Å². The van der Waals surface area contributed by atoms with E-state index in [-0.39, 0.29) is 11.6 Å². The van der Waals surface area contributed by atoms with Crippen LogP contribution in [0.15, 0.2) is 29.7 Å². The van der Waals surface area contributed by atoms with E-state index in [1.54, 1.807) is 18.3 Å². The zero-order valence-electron chi connectivity index (χ0n) is 7.71. The highest BCUT2D eigenvalue weighted by Crippen LogP contribution is 2.15. The average molecular weight is 178 g/mol. The third kappa shape index (κ3) is 2.29. The van der Waals surface area contributed by atoms with Gasteiger partial charge in [0.15, 0.2) is 0 Å². The number of hydrogen-bond donors (Lipinski definition) is 2. The smallest absolute Gasteiger partial charge is 0.248 e. The predicted molar refractivity (Wildman–Crippen MR) is 53.5 cm³/mol. The molecular weight excluding hydrogens is 164 g/mol. The SMILES string of the molecule is C=CCC(N)c1c[nH]c(=O)cc1C. The minimum Gasteiger partial charge on any atom is -0.329 e. The van der Waals surface area contributed by atoms with Gasteiger partial charge in [-0.2, -0.15) is 0 Å². The molecule has 0 radical (unpaired) electrons. The first kappa shape index (κ1) is 9.74. The number of nitrogens with two attached hydrogens (primary N) is 1. The highest BCUT2D eigenvalue weighted by atomic mass is 16.1. The Balaban J connectivity index is 3.00. The van der Waals surface area contributed by atoms with Crippen LogP contribution in [-0.2, 0) is 0 Å². The van der Waals surface area contributed by atoms with Gasteiger partial charge in [-0.25, -0.2) is 0 Å². The molecule has 3 heteroatoms. The van der Waals surface area contributed by atoms with E-state index in [1.807, 2.05) is 6.92 Å². The lowest BCUT2D eigenvalue weighted by molar-refractivity contribution is 0.730. The minimum atomic E-state index is -0.0907. The van der Waals surface area contributed by atoms with Crippen molar-refractivity contribution in [3.05, 3.63) is 46.4 Å². The van der Waals surface area contributed by atoms with Crippen LogP contribution in [0.25, 0.3) is 0 Å². The van der Waals surface area contributed by atoms with Crippen molar-refractivity contribution in [1.29, 1.82) is 0 Å². The normalized spacial score (nSPS) is 12.5. The Morgan fingerprint density at radius 2 is 2.46 bits per heavy atom. The summed E-state index contributed by atoms with van der Waals surface area (Å²) in [4.78, 5) is 13.5. The first-order valence-corrected chi connectivity index (χ1v) is 4.21. The topological polar surface area (TPSA) is 58.9 Å². The zero-order chi connectivity index (χ0) is 9.84. The number of aryl methyl sites for hydroxylation is 1. The standard InChI is InChI=1S/C10H14N2O/c1-3-4-9(11)8-6-12-10(13)5-7(8)2/h3,5-6,9H,1,4,11H2,2H3,(H,12,13). The van der Waals surface area contributed by atoms with E-state index < -0.39 is 0 Å². The second-order valence-electron chi connectivity index (χ2n) is 3.07. The molecular formula is C10H14N2O. The van der Waals surface area contributed by atoms with Crippen LogP contribution in [0.3, 0.4) is 0 Å². The number of hydrogen-bond acceptors (Lipinski definition) is 2. The summed E-state index contributed by atoms with van der Waals surface area (Å²) in [6.07, 6.45) is 4.16. The van der Waals surface area contributed by atoms with Crippen molar-refractivity contribution < 1.29 is 0 Å². The lowest BCUT2D eigenvalue weighted by Crippen LogP contribution is -2.14. The van der Waals surface area contributed by atoms with Gasteiger partial charge >= 0.3 is 0 Å². The van der Waals surface area contributed by atoms with Gasteiger partial charge in [0.1, 0.15) is 0 Å². The van der Waals surface area contributed by atoms with Gasteiger partial charge in [0.05, 0.1) is 0 Å². The maximum Gasteiger partial charge on any atom is 0.248 e. The van der Waals surface area contributed by atoms with Crippen LogP contribution in [0, 0.1) is 6.92 Å². The van der Waals surface area contributed by atoms with E-state index in [0.717, 1.165) is 11.1 Å². The summed E-state index contributed by atoms with van der Waals surface area (Å²) in [5.74, 6) is 0. The molecule has 0 bridgehead atoms. The molecule has 13 heavy (non-hydrogen) atoms. The highest BCUT2D eigenvalue weighted by Gasteiger charge is 2.06. The maximum atomic E-state index is 10.9. The third-order valence-corrected chi connectivity index (χ3v) is 1.99. The van der Waals surface area contributed by atoms with E-state index in [2.05, 4.69) is 11.6 Å². The fourth-order valence-corrected chi connectivity index (χ4v) is 1.29. The Hall–Kier alpha value is -1.35. The Morgan fingerprint density at radius 3 is 3.00 bits per heavy atom. The molecule has 0 saturated carbocycles. The number of pyridine rings is 1. The van der Waals surface area contributed by atoms with Gasteiger partial charge in [0, 0.05) is 18.3 Å². The summed E-state index contributed by atoms with van der Waals surface area (Å²) < 4.78 is 0. The van der Waals surface area contributed by atoms with Crippen LogP contribution in [0.2, 0.25) is 0 Å². The van der Waals surface area contributed by atoms with Crippen molar-refractivity contribution in [1.82, 2.24) is 4.98 Å². The van der Waals surface area contributed by atoms with Crippen LogP contribution in [-0.4, -0.2) is 4.98 Å². The summed E-state index contributed by atoms with van der Waals surface area (Å²) in [7, 11) is 0. The maximum absolute atomic E-state index is 10.9. The van der Waals surface area contributed by atoms with E-state index in [4.69, 9.17) is 5.73 Å². The Kier molecular flexibility index (Phi) is 3.03. The van der Waals surface area contributed by atoms with Crippen molar-refractivity contribution in [2.24, 2.45) is 5.73 Å². The molecule has 0 aliphatic carbocycles. The van der Waals surface area contributed by atoms with Crippen molar-refractivity contribution in [2.45, 2.75) is 19.4 Å². The van der Waals surface area contributed by atoms with Crippen molar-refractivity contribution >= 4 is 0 Å². The lowest BCUT2D eigenvalue weighted by atomic mass is 10.0. The van der Waals surface area contributed by atoms with Crippen molar-refractivity contribution in [2.75, 3.05) is 0 Å². The molecule has 3 N–H and O–H groups in total. The molecule has 1 aromatic rings. The van der Waals surface area contributed by atoms with Crippen LogP contribution in [0.5, 0.6) is 0 Å². The summed E-state index contributed by atoms with van der Waals surface area (Å²) >= 11 is 0. The molecule has 1 unspecified atom stereocenters. The Morgan fingerprint density at radius 1 is 1.77 bits per heavy atom. The van der Waals surface area contributed by atoms with E-state index in [9.17, 15) is 4.79 Å². The zero-order valence-corrected chi connectivity index (χ0v) is 7.71. The van der Waals surface area contributed by atoms with Gasteiger partial charge in [-0.3, -0.25) is 4.79 Å². The van der Waals surface area contributed by atoms with Crippen molar-refractivity contribution in [3.8, 4) is 0 Å². The van der Waals surface area contributed by atoms with Gasteiger partial charge in [0.25, 0.3) is 0 Å². The summed E-state index contributed by atoms with van der Waals surface area (Å²) in [5, 5.41) is 0. The monoisotopic (exact) mass is 178 g/mol. The molecule has 0 aromatic carbocycles. The number of nitrogens with one attached hydrogen (secondary N) is 1. The predicted octanol–water partition coefficient (Wildman–Crippen LogP) is 1.26. The molecule has 0 amide bonds. The van der Waals surface area contributed by atoms with Crippen LogP contribution in [0.1, 0.15) is 23.6 Å². The summed E-state index contributed by atoms with van der Waals surface area (Å²) in [6, 6.07) is 1.48.